The second kappa shape index (κ2) is 10.5. The number of ketones is 1. The van der Waals surface area contributed by atoms with Crippen molar-refractivity contribution in [2.45, 2.75) is 45.1 Å². The van der Waals surface area contributed by atoms with E-state index in [4.69, 9.17) is 4.55 Å². The molecule has 0 saturated carbocycles. The van der Waals surface area contributed by atoms with Gasteiger partial charge in [-0.3, -0.25) is 18.9 Å². The van der Waals surface area contributed by atoms with Crippen molar-refractivity contribution in [2.75, 3.05) is 5.75 Å². The number of hydrogen-bond donors (Lipinski definition) is 2. The number of hydrogen-bond acceptors (Lipinski definition) is 5. The molecule has 1 aromatic carbocycles. The fourth-order valence-corrected chi connectivity index (χ4v) is 3.13. The average Bonchev–Trinajstić information content (AvgIpc) is 2.56. The van der Waals surface area contributed by atoms with Crippen molar-refractivity contribution in [2.24, 2.45) is 0 Å². The summed E-state index contributed by atoms with van der Waals surface area (Å²) < 4.78 is 31.3. The zero-order valence-corrected chi connectivity index (χ0v) is 16.6. The highest BCUT2D eigenvalue weighted by molar-refractivity contribution is 7.85. The Labute approximate surface area is 155 Å². The summed E-state index contributed by atoms with van der Waals surface area (Å²) in [7, 11) is -2.56. The molecular formula is C17H24NO6PS. The number of Topliss-reactive ketones (excluding diaryl/α,β-unsaturated/α-hetero) is 1. The van der Waals surface area contributed by atoms with Crippen molar-refractivity contribution in [3.8, 4) is 0 Å². The van der Waals surface area contributed by atoms with E-state index < -0.39 is 33.6 Å². The van der Waals surface area contributed by atoms with Crippen LogP contribution in [-0.4, -0.2) is 42.0 Å². The van der Waals surface area contributed by atoms with Crippen molar-refractivity contribution in [3.05, 3.63) is 35.4 Å². The summed E-state index contributed by atoms with van der Waals surface area (Å²) in [5.74, 6) is -2.19. The molecule has 0 fully saturated rings. The molecule has 1 rings (SSSR count). The summed E-state index contributed by atoms with van der Waals surface area (Å²) in [6.07, 6.45) is 2.67. The monoisotopic (exact) mass is 401 g/mol. The number of rotatable bonds is 11. The maximum atomic E-state index is 12.3. The van der Waals surface area contributed by atoms with Gasteiger partial charge in [-0.05, 0) is 30.5 Å². The molecule has 9 heteroatoms. The van der Waals surface area contributed by atoms with Gasteiger partial charge in [0.2, 0.25) is 0 Å². The second-order valence-electron chi connectivity index (χ2n) is 6.01. The minimum absolute atomic E-state index is 0.0898. The Morgan fingerprint density at radius 3 is 2.27 bits per heavy atom. The lowest BCUT2D eigenvalue weighted by Gasteiger charge is -2.16. The SMILES string of the molecule is CCCCc1ccc(C(=O)N[C@@H](CS(=O)(=O)O)C(=O)CCC(=O)P)cc1. The molecule has 0 aliphatic carbocycles. The van der Waals surface area contributed by atoms with Crippen LogP contribution in [0.5, 0.6) is 0 Å². The minimum Gasteiger partial charge on any atom is -0.341 e. The van der Waals surface area contributed by atoms with E-state index in [0.717, 1.165) is 24.8 Å². The summed E-state index contributed by atoms with van der Waals surface area (Å²) >= 11 is 0. The van der Waals surface area contributed by atoms with E-state index >= 15 is 0 Å². The molecule has 26 heavy (non-hydrogen) atoms. The van der Waals surface area contributed by atoms with Crippen LogP contribution in [0.1, 0.15) is 48.5 Å². The first-order valence-electron chi connectivity index (χ1n) is 8.28. The first-order chi connectivity index (χ1) is 12.1. The fraction of sp³-hybridized carbons (Fsp3) is 0.471. The minimum atomic E-state index is -4.48. The van der Waals surface area contributed by atoms with Gasteiger partial charge in [0.05, 0.1) is 0 Å². The lowest BCUT2D eigenvalue weighted by molar-refractivity contribution is -0.122. The molecule has 0 aliphatic rings. The molecule has 1 unspecified atom stereocenters. The van der Waals surface area contributed by atoms with E-state index in [9.17, 15) is 22.8 Å². The van der Waals surface area contributed by atoms with E-state index in [1.54, 1.807) is 24.3 Å². The predicted octanol–water partition coefficient (Wildman–Crippen LogP) is 1.77. The third-order valence-corrected chi connectivity index (χ3v) is 4.77. The maximum Gasteiger partial charge on any atom is 0.267 e. The summed E-state index contributed by atoms with van der Waals surface area (Å²) in [6, 6.07) is 5.39. The molecule has 7 nitrogen and oxygen atoms in total. The fourth-order valence-electron chi connectivity index (χ4n) is 2.29. The Morgan fingerprint density at radius 1 is 1.15 bits per heavy atom. The first-order valence-corrected chi connectivity index (χ1v) is 10.5. The van der Waals surface area contributed by atoms with Gasteiger partial charge in [-0.15, -0.1) is 0 Å². The molecule has 0 bridgehead atoms. The van der Waals surface area contributed by atoms with Gasteiger partial charge in [-0.1, -0.05) is 34.7 Å². The normalized spacial score (nSPS) is 12.4. The summed E-state index contributed by atoms with van der Waals surface area (Å²) in [5, 5.41) is 2.33. The van der Waals surface area contributed by atoms with Crippen LogP contribution in [-0.2, 0) is 26.1 Å². The lowest BCUT2D eigenvalue weighted by atomic mass is 10.1. The van der Waals surface area contributed by atoms with Crippen molar-refractivity contribution >= 4 is 36.6 Å². The molecule has 0 aliphatic heterocycles. The molecular weight excluding hydrogens is 377 g/mol. The van der Waals surface area contributed by atoms with E-state index in [0.29, 0.717) is 0 Å². The number of benzene rings is 1. The number of unbranched alkanes of at least 4 members (excludes halogenated alkanes) is 1. The van der Waals surface area contributed by atoms with Crippen LogP contribution >= 0.6 is 9.24 Å². The number of carbonyl (C=O) groups is 3. The highest BCUT2D eigenvalue weighted by atomic mass is 32.2. The van der Waals surface area contributed by atoms with Crippen molar-refractivity contribution in [1.29, 1.82) is 0 Å². The van der Waals surface area contributed by atoms with Gasteiger partial charge in [0.15, 0.2) is 5.78 Å². The van der Waals surface area contributed by atoms with Gasteiger partial charge in [0.1, 0.15) is 17.3 Å². The Hall–Kier alpha value is -1.63. The molecule has 0 saturated heterocycles. The number of carbonyl (C=O) groups excluding carboxylic acids is 3. The molecule has 0 spiro atoms. The van der Waals surface area contributed by atoms with Crippen LogP contribution in [0.15, 0.2) is 24.3 Å². The van der Waals surface area contributed by atoms with Crippen LogP contribution in [0.25, 0.3) is 0 Å². The highest BCUT2D eigenvalue weighted by Gasteiger charge is 2.26. The van der Waals surface area contributed by atoms with Crippen LogP contribution in [0, 0.1) is 0 Å². The molecule has 2 N–H and O–H groups in total. The Kier molecular flexibility index (Phi) is 9.05. The molecule has 0 aromatic heterocycles. The molecule has 144 valence electrons. The average molecular weight is 401 g/mol. The molecule has 2 atom stereocenters. The Morgan fingerprint density at radius 2 is 1.77 bits per heavy atom. The van der Waals surface area contributed by atoms with Crippen LogP contribution in [0.3, 0.4) is 0 Å². The quantitative estimate of drug-likeness (QED) is 0.431. The molecule has 1 aromatic rings. The van der Waals surface area contributed by atoms with Crippen molar-refractivity contribution in [1.82, 2.24) is 5.32 Å². The predicted molar refractivity (Wildman–Crippen MR) is 102 cm³/mol. The number of aryl methyl sites for hydroxylation is 1. The number of nitrogens with one attached hydrogen (secondary N) is 1. The summed E-state index contributed by atoms with van der Waals surface area (Å²) in [6.45, 7) is 2.08. The number of amides is 1. The van der Waals surface area contributed by atoms with E-state index in [1.165, 1.54) is 0 Å². The zero-order chi connectivity index (χ0) is 19.7. The van der Waals surface area contributed by atoms with Gasteiger partial charge >= 0.3 is 0 Å². The second-order valence-corrected chi connectivity index (χ2v) is 8.15. The van der Waals surface area contributed by atoms with E-state index in [-0.39, 0.29) is 23.9 Å². The van der Waals surface area contributed by atoms with E-state index in [1.807, 2.05) is 9.24 Å². The maximum absolute atomic E-state index is 12.3. The van der Waals surface area contributed by atoms with Gasteiger partial charge in [0, 0.05) is 18.4 Å². The standard InChI is InChI=1S/C17H24NO6PS/c1-2-3-4-12-5-7-13(8-6-12)17(21)18-14(11-26(22,23)24)15(19)9-10-16(20)25/h5-8,14H,2-4,9-11,25H2,1H3,(H,18,21)(H,22,23,24)/t14-/m0/s1. The Bertz CT molecular complexity index is 745. The van der Waals surface area contributed by atoms with Gasteiger partial charge in [0.25, 0.3) is 16.0 Å². The smallest absolute Gasteiger partial charge is 0.267 e. The third-order valence-electron chi connectivity index (χ3n) is 3.72. The van der Waals surface area contributed by atoms with Gasteiger partial charge in [-0.25, -0.2) is 0 Å². The zero-order valence-electron chi connectivity index (χ0n) is 14.6. The van der Waals surface area contributed by atoms with Crippen molar-refractivity contribution < 1.29 is 27.4 Å². The summed E-state index contributed by atoms with van der Waals surface area (Å²) in [5.41, 5.74) is 1.05. The van der Waals surface area contributed by atoms with Gasteiger partial charge < -0.3 is 5.32 Å². The topological polar surface area (TPSA) is 118 Å². The van der Waals surface area contributed by atoms with Gasteiger partial charge in [-0.2, -0.15) is 8.42 Å². The van der Waals surface area contributed by atoms with Crippen molar-refractivity contribution in [3.63, 3.8) is 0 Å². The largest absolute Gasteiger partial charge is 0.341 e. The van der Waals surface area contributed by atoms with E-state index in [2.05, 4.69) is 12.2 Å². The van der Waals surface area contributed by atoms with Crippen LogP contribution in [0.2, 0.25) is 0 Å². The molecule has 1 amide bonds. The summed E-state index contributed by atoms with van der Waals surface area (Å²) in [4.78, 5) is 35.4. The Balaban J connectivity index is 2.83. The van der Waals surface area contributed by atoms with Crippen LogP contribution < -0.4 is 5.32 Å². The first kappa shape index (κ1) is 22.4. The lowest BCUT2D eigenvalue weighted by Crippen LogP contribution is -2.45. The van der Waals surface area contributed by atoms with Crippen LogP contribution in [0.4, 0.5) is 0 Å². The molecule has 0 heterocycles. The highest BCUT2D eigenvalue weighted by Crippen LogP contribution is 2.09. The molecule has 0 radical (unpaired) electrons. The third kappa shape index (κ3) is 8.65.